The summed E-state index contributed by atoms with van der Waals surface area (Å²) < 4.78 is 24.3. The van der Waals surface area contributed by atoms with Crippen molar-refractivity contribution in [2.45, 2.75) is 11.8 Å². The number of aliphatic imine (C=N–C) groups is 2. The summed E-state index contributed by atoms with van der Waals surface area (Å²) in [5.41, 5.74) is 2.09. The van der Waals surface area contributed by atoms with Gasteiger partial charge in [0.05, 0.1) is 37.8 Å². The Morgan fingerprint density at radius 1 is 1.30 bits per heavy atom. The number of hydrogen-bond acceptors (Lipinski definition) is 8. The van der Waals surface area contributed by atoms with E-state index in [0.29, 0.717) is 42.0 Å². The maximum absolute atomic E-state index is 13.7. The van der Waals surface area contributed by atoms with Gasteiger partial charge in [0.1, 0.15) is 11.7 Å². The van der Waals surface area contributed by atoms with Gasteiger partial charge in [0.15, 0.2) is 5.17 Å². The second-order valence-corrected chi connectivity index (χ2v) is 8.97. The van der Waals surface area contributed by atoms with Crippen LogP contribution in [-0.4, -0.2) is 66.7 Å². The molecule has 4 rings (SSSR count). The number of pyridine rings is 1. The van der Waals surface area contributed by atoms with Gasteiger partial charge in [-0.1, -0.05) is 35.5 Å². The van der Waals surface area contributed by atoms with Crippen LogP contribution >= 0.6 is 23.4 Å². The number of esters is 1. The highest BCUT2D eigenvalue weighted by atomic mass is 35.5. The van der Waals surface area contributed by atoms with Crippen LogP contribution in [0.2, 0.25) is 5.02 Å². The van der Waals surface area contributed by atoms with Crippen LogP contribution in [0.4, 0.5) is 4.39 Å². The summed E-state index contributed by atoms with van der Waals surface area (Å²) in [6.45, 7) is 3.20. The molecule has 1 saturated heterocycles. The molecule has 0 spiro atoms. The second kappa shape index (κ2) is 11.2. The van der Waals surface area contributed by atoms with Crippen LogP contribution in [0, 0.1) is 11.7 Å². The summed E-state index contributed by atoms with van der Waals surface area (Å²) in [5.74, 6) is -1.10. The fourth-order valence-corrected chi connectivity index (χ4v) is 4.89. The molecule has 0 saturated carbocycles. The summed E-state index contributed by atoms with van der Waals surface area (Å²) in [6, 6.07) is 9.16. The molecular weight excluding hydrogens is 467 g/mol. The van der Waals surface area contributed by atoms with Gasteiger partial charge in [0.25, 0.3) is 0 Å². The highest BCUT2D eigenvalue weighted by Crippen LogP contribution is 2.38. The monoisotopic (exact) mass is 490 g/mol. The van der Waals surface area contributed by atoms with Crippen LogP contribution in [0.25, 0.3) is 0 Å². The first-order valence-corrected chi connectivity index (χ1v) is 11.9. The summed E-state index contributed by atoms with van der Waals surface area (Å²) in [6.07, 6.45) is 1.74. The van der Waals surface area contributed by atoms with Crippen molar-refractivity contribution >= 4 is 40.2 Å². The largest absolute Gasteiger partial charge is 0.468 e. The molecule has 1 aromatic heterocycles. The number of rotatable bonds is 6. The maximum atomic E-state index is 13.7. The van der Waals surface area contributed by atoms with Crippen LogP contribution in [-0.2, 0) is 20.0 Å². The molecule has 0 N–H and O–H groups in total. The number of morpholine rings is 1. The van der Waals surface area contributed by atoms with Crippen LogP contribution in [0.1, 0.15) is 17.3 Å². The van der Waals surface area contributed by atoms with E-state index in [-0.39, 0.29) is 5.02 Å². The number of thioether (sulfide) groups is 1. The van der Waals surface area contributed by atoms with Crippen molar-refractivity contribution in [3.8, 4) is 0 Å². The lowest BCUT2D eigenvalue weighted by Gasteiger charge is -2.33. The minimum absolute atomic E-state index is 0.208. The summed E-state index contributed by atoms with van der Waals surface area (Å²) in [4.78, 5) is 29.0. The molecule has 33 heavy (non-hydrogen) atoms. The van der Waals surface area contributed by atoms with E-state index in [0.717, 1.165) is 18.8 Å². The topological polar surface area (TPSA) is 76.4 Å². The number of carbonyl (C=O) groups is 1. The van der Waals surface area contributed by atoms with Crippen LogP contribution in [0.3, 0.4) is 0 Å². The van der Waals surface area contributed by atoms with Gasteiger partial charge in [-0.15, -0.1) is 0 Å². The third kappa shape index (κ3) is 5.97. The first kappa shape index (κ1) is 23.8. The molecule has 7 nitrogen and oxygen atoms in total. The first-order valence-electron chi connectivity index (χ1n) is 10.6. The molecule has 2 unspecified atom stereocenters. The molecule has 10 heteroatoms. The fourth-order valence-electron chi connectivity index (χ4n) is 3.79. The van der Waals surface area contributed by atoms with Crippen LogP contribution < -0.4 is 0 Å². The number of nitrogens with zero attached hydrogens (tertiary/aromatic N) is 4. The summed E-state index contributed by atoms with van der Waals surface area (Å²) >= 11 is 7.82. The minimum Gasteiger partial charge on any atom is -0.468 e. The molecule has 2 aromatic rings. The van der Waals surface area contributed by atoms with Crippen molar-refractivity contribution in [3.63, 3.8) is 0 Å². The van der Waals surface area contributed by atoms with Gasteiger partial charge in [-0.2, -0.15) is 0 Å². The minimum atomic E-state index is -0.764. The van der Waals surface area contributed by atoms with Crippen molar-refractivity contribution in [1.82, 2.24) is 9.88 Å². The predicted molar refractivity (Wildman–Crippen MR) is 127 cm³/mol. The highest BCUT2D eigenvalue weighted by Gasteiger charge is 2.39. The number of ether oxygens (including phenoxy) is 2. The lowest BCUT2D eigenvalue weighted by atomic mass is 9.88. The van der Waals surface area contributed by atoms with E-state index in [2.05, 4.69) is 9.88 Å². The molecule has 2 aliphatic heterocycles. The molecule has 0 bridgehead atoms. The quantitative estimate of drug-likeness (QED) is 0.573. The van der Waals surface area contributed by atoms with E-state index in [4.69, 9.17) is 31.1 Å². The van der Waals surface area contributed by atoms with Gasteiger partial charge >= 0.3 is 5.97 Å². The molecule has 0 radical (unpaired) electrons. The zero-order valence-corrected chi connectivity index (χ0v) is 19.7. The predicted octanol–water partition coefficient (Wildman–Crippen LogP) is 3.78. The third-order valence-electron chi connectivity index (χ3n) is 5.46. The van der Waals surface area contributed by atoms with Gasteiger partial charge in [0, 0.05) is 36.6 Å². The molecule has 3 heterocycles. The zero-order valence-electron chi connectivity index (χ0n) is 18.1. The number of methoxy groups -OCH3 is 1. The number of carbonyl (C=O) groups excluding carboxylic acids is 1. The molecular formula is C23H24ClFN4O3S. The van der Waals surface area contributed by atoms with Crippen LogP contribution in [0.15, 0.2) is 52.6 Å². The van der Waals surface area contributed by atoms with E-state index in [1.165, 1.54) is 31.0 Å². The van der Waals surface area contributed by atoms with Gasteiger partial charge in [-0.3, -0.25) is 19.7 Å². The molecule has 1 fully saturated rings. The Balaban J connectivity index is 1.69. The zero-order chi connectivity index (χ0) is 23.2. The summed E-state index contributed by atoms with van der Waals surface area (Å²) in [7, 11) is 1.34. The second-order valence-electron chi connectivity index (χ2n) is 7.62. The van der Waals surface area contributed by atoms with E-state index < -0.39 is 23.7 Å². The van der Waals surface area contributed by atoms with Crippen molar-refractivity contribution in [2.75, 3.05) is 40.0 Å². The van der Waals surface area contributed by atoms with Gasteiger partial charge < -0.3 is 9.47 Å². The Morgan fingerprint density at radius 3 is 2.82 bits per heavy atom. The fraction of sp³-hybridized carbons (Fsp3) is 0.391. The van der Waals surface area contributed by atoms with Gasteiger partial charge in [0.2, 0.25) is 0 Å². The molecule has 174 valence electrons. The number of amidine groups is 1. The lowest BCUT2D eigenvalue weighted by molar-refractivity contribution is -0.143. The van der Waals surface area contributed by atoms with Crippen molar-refractivity contribution in [1.29, 1.82) is 0 Å². The van der Waals surface area contributed by atoms with Crippen molar-refractivity contribution < 1.29 is 18.7 Å². The highest BCUT2D eigenvalue weighted by molar-refractivity contribution is 8.13. The molecule has 2 aliphatic rings. The Labute approximate surface area is 201 Å². The standard InChI is InChI=1S/C23H24ClFN4O3S/c1-31-22(30)20-19(13-29-8-10-32-11-9-29)27-23(33-14-16-4-2-3-7-26-16)28-21(20)17-6-5-15(25)12-18(17)24/h2-7,12,20-21H,8-11,13-14H2,1H3. The Hall–Kier alpha value is -2.33. The van der Waals surface area contributed by atoms with E-state index in [9.17, 15) is 9.18 Å². The molecule has 0 amide bonds. The average Bonchev–Trinajstić information content (AvgIpc) is 2.83. The van der Waals surface area contributed by atoms with Gasteiger partial charge in [-0.05, 0) is 29.8 Å². The molecule has 2 atom stereocenters. The Bertz CT molecular complexity index is 1050. The molecule has 0 aliphatic carbocycles. The maximum Gasteiger partial charge on any atom is 0.317 e. The Morgan fingerprint density at radius 2 is 2.12 bits per heavy atom. The van der Waals surface area contributed by atoms with E-state index in [1.54, 1.807) is 12.3 Å². The number of hydrogen-bond donors (Lipinski definition) is 0. The number of benzene rings is 1. The Kier molecular flexibility index (Phi) is 8.08. The smallest absolute Gasteiger partial charge is 0.317 e. The van der Waals surface area contributed by atoms with Gasteiger partial charge in [-0.25, -0.2) is 9.38 Å². The van der Waals surface area contributed by atoms with Crippen molar-refractivity contribution in [2.24, 2.45) is 15.9 Å². The normalized spacial score (nSPS) is 21.3. The van der Waals surface area contributed by atoms with Crippen LogP contribution in [0.5, 0.6) is 0 Å². The average molecular weight is 491 g/mol. The van der Waals surface area contributed by atoms with Crippen molar-refractivity contribution in [3.05, 3.63) is 64.7 Å². The first-order chi connectivity index (χ1) is 16.0. The number of halogens is 2. The van der Waals surface area contributed by atoms with E-state index >= 15 is 0 Å². The number of aromatic nitrogens is 1. The summed E-state index contributed by atoms with van der Waals surface area (Å²) in [5, 5.41) is 0.730. The lowest BCUT2D eigenvalue weighted by Crippen LogP contribution is -2.45. The van der Waals surface area contributed by atoms with E-state index in [1.807, 2.05) is 18.2 Å². The SMILES string of the molecule is COC(=O)C1C(CN2CCOCC2)=NC(SCc2ccccn2)=NC1c1ccc(F)cc1Cl. The molecule has 1 aromatic carbocycles. The third-order valence-corrected chi connectivity index (χ3v) is 6.69.